The highest BCUT2D eigenvalue weighted by molar-refractivity contribution is 5.95. The van der Waals surface area contributed by atoms with E-state index in [4.69, 9.17) is 9.72 Å². The van der Waals surface area contributed by atoms with Gasteiger partial charge in [0.2, 0.25) is 0 Å². The summed E-state index contributed by atoms with van der Waals surface area (Å²) in [5.74, 6) is 0.467. The molecule has 0 bridgehead atoms. The summed E-state index contributed by atoms with van der Waals surface area (Å²) in [5, 5.41) is 12.3. The number of imidazole rings is 1. The number of nitrogens with zero attached hydrogens (tertiary/aromatic N) is 2. The van der Waals surface area contributed by atoms with Gasteiger partial charge in [-0.2, -0.15) is 0 Å². The number of rotatable bonds is 7. The molecule has 7 heteroatoms. The van der Waals surface area contributed by atoms with Gasteiger partial charge in [0.25, 0.3) is 5.91 Å². The lowest BCUT2D eigenvalue weighted by Crippen LogP contribution is -2.22. The number of hydrogen-bond acceptors (Lipinski definition) is 4. The van der Waals surface area contributed by atoms with Crippen molar-refractivity contribution in [1.82, 2.24) is 14.9 Å². The second-order valence-electron chi connectivity index (χ2n) is 8.86. The maximum atomic E-state index is 12.7. The quantitative estimate of drug-likeness (QED) is 0.375. The Hall–Kier alpha value is -4.13. The number of nitrogens with one attached hydrogen (secondary N) is 1. The van der Waals surface area contributed by atoms with Gasteiger partial charge in [0, 0.05) is 23.7 Å². The highest BCUT2D eigenvalue weighted by atomic mass is 16.5. The smallest absolute Gasteiger partial charge is 0.335 e. The van der Waals surface area contributed by atoms with Gasteiger partial charge in [0.05, 0.1) is 23.7 Å². The molecule has 1 aliphatic rings. The van der Waals surface area contributed by atoms with Crippen LogP contribution in [0.2, 0.25) is 0 Å². The Labute approximate surface area is 203 Å². The van der Waals surface area contributed by atoms with E-state index in [-0.39, 0.29) is 11.5 Å². The van der Waals surface area contributed by atoms with Crippen LogP contribution in [0.25, 0.3) is 22.4 Å². The van der Waals surface area contributed by atoms with Crippen molar-refractivity contribution in [2.45, 2.75) is 38.3 Å². The van der Waals surface area contributed by atoms with E-state index in [1.807, 2.05) is 42.5 Å². The molecule has 1 amide bonds. The first-order valence-electron chi connectivity index (χ1n) is 11.8. The second-order valence-corrected chi connectivity index (χ2v) is 8.86. The SMILES string of the molecule is COc1ccc(CNC(=O)c2ccc(-c3nc4cc(C(=O)O)ccc4n3C3CCCC3)cc2)cc1. The fourth-order valence-corrected chi connectivity index (χ4v) is 4.77. The van der Waals surface area contributed by atoms with Crippen molar-refractivity contribution in [3.05, 3.63) is 83.4 Å². The molecular formula is C28H27N3O4. The predicted molar refractivity (Wildman–Crippen MR) is 134 cm³/mol. The molecule has 5 rings (SSSR count). The number of fused-ring (bicyclic) bond motifs is 1. The van der Waals surface area contributed by atoms with E-state index < -0.39 is 5.97 Å². The van der Waals surface area contributed by atoms with Gasteiger partial charge >= 0.3 is 5.97 Å². The number of benzene rings is 3. The van der Waals surface area contributed by atoms with E-state index in [0.717, 1.165) is 41.1 Å². The molecule has 0 saturated heterocycles. The second kappa shape index (κ2) is 9.62. The summed E-state index contributed by atoms with van der Waals surface area (Å²) < 4.78 is 7.41. The Kier molecular flexibility index (Phi) is 6.23. The molecule has 7 nitrogen and oxygen atoms in total. The predicted octanol–water partition coefficient (Wildman–Crippen LogP) is 5.46. The summed E-state index contributed by atoms with van der Waals surface area (Å²) in [4.78, 5) is 29.0. The van der Waals surface area contributed by atoms with E-state index >= 15 is 0 Å². The molecule has 0 atom stereocenters. The van der Waals surface area contributed by atoms with Gasteiger partial charge < -0.3 is 19.7 Å². The number of carboxylic acid groups (broad SMARTS) is 1. The first kappa shape index (κ1) is 22.7. The minimum absolute atomic E-state index is 0.150. The fraction of sp³-hybridized carbons (Fsp3) is 0.250. The number of carbonyl (C=O) groups excluding carboxylic acids is 1. The van der Waals surface area contributed by atoms with Crippen LogP contribution in [0.1, 0.15) is 58.0 Å². The van der Waals surface area contributed by atoms with Crippen LogP contribution < -0.4 is 10.1 Å². The lowest BCUT2D eigenvalue weighted by atomic mass is 10.1. The van der Waals surface area contributed by atoms with Gasteiger partial charge in [-0.3, -0.25) is 4.79 Å². The zero-order valence-corrected chi connectivity index (χ0v) is 19.5. The van der Waals surface area contributed by atoms with Crippen molar-refractivity contribution in [2.75, 3.05) is 7.11 Å². The highest BCUT2D eigenvalue weighted by Gasteiger charge is 2.24. The lowest BCUT2D eigenvalue weighted by molar-refractivity contribution is 0.0696. The van der Waals surface area contributed by atoms with Gasteiger partial charge in [0.1, 0.15) is 11.6 Å². The van der Waals surface area contributed by atoms with Crippen molar-refractivity contribution < 1.29 is 19.4 Å². The Morgan fingerprint density at radius 1 is 1.00 bits per heavy atom. The lowest BCUT2D eigenvalue weighted by Gasteiger charge is -2.16. The molecule has 0 unspecified atom stereocenters. The maximum Gasteiger partial charge on any atom is 0.335 e. The number of methoxy groups -OCH3 is 1. The molecule has 1 heterocycles. The monoisotopic (exact) mass is 469 g/mol. The minimum atomic E-state index is -0.964. The first-order chi connectivity index (χ1) is 17.0. The number of aromatic carboxylic acids is 1. The van der Waals surface area contributed by atoms with Crippen molar-refractivity contribution in [2.24, 2.45) is 0 Å². The molecule has 35 heavy (non-hydrogen) atoms. The minimum Gasteiger partial charge on any atom is -0.497 e. The van der Waals surface area contributed by atoms with E-state index in [0.29, 0.717) is 23.7 Å². The maximum absolute atomic E-state index is 12.7. The number of amides is 1. The van der Waals surface area contributed by atoms with Crippen LogP contribution in [0.3, 0.4) is 0 Å². The third-order valence-corrected chi connectivity index (χ3v) is 6.64. The number of carboxylic acids is 1. The van der Waals surface area contributed by atoms with Crippen LogP contribution in [-0.4, -0.2) is 33.6 Å². The number of aromatic nitrogens is 2. The Morgan fingerprint density at radius 3 is 2.34 bits per heavy atom. The third-order valence-electron chi connectivity index (χ3n) is 6.64. The molecule has 1 saturated carbocycles. The highest BCUT2D eigenvalue weighted by Crippen LogP contribution is 2.37. The molecule has 1 fully saturated rings. The van der Waals surface area contributed by atoms with Crippen LogP contribution in [0.5, 0.6) is 5.75 Å². The summed E-state index contributed by atoms with van der Waals surface area (Å²) in [5.41, 5.74) is 4.30. The Balaban J connectivity index is 1.40. The molecule has 4 aromatic rings. The van der Waals surface area contributed by atoms with Crippen molar-refractivity contribution in [1.29, 1.82) is 0 Å². The molecular weight excluding hydrogens is 442 g/mol. The number of hydrogen-bond donors (Lipinski definition) is 2. The van der Waals surface area contributed by atoms with Gasteiger partial charge in [-0.15, -0.1) is 0 Å². The van der Waals surface area contributed by atoms with E-state index in [2.05, 4.69) is 9.88 Å². The molecule has 3 aromatic carbocycles. The summed E-state index contributed by atoms with van der Waals surface area (Å²) >= 11 is 0. The summed E-state index contributed by atoms with van der Waals surface area (Å²) in [6.45, 7) is 0.425. The van der Waals surface area contributed by atoms with Crippen LogP contribution in [0, 0.1) is 0 Å². The average Bonchev–Trinajstić information content (AvgIpc) is 3.55. The standard InChI is InChI=1S/C28H27N3O4/c1-35-23-13-6-18(7-14-23)17-29-27(32)20-10-8-19(9-11-20)26-30-24-16-21(28(33)34)12-15-25(24)31(26)22-4-2-3-5-22/h6-16,22H,2-5,17H2,1H3,(H,29,32)(H,33,34). The molecule has 0 aliphatic heterocycles. The first-order valence-corrected chi connectivity index (χ1v) is 11.8. The Bertz CT molecular complexity index is 1370. The number of ether oxygens (including phenoxy) is 1. The van der Waals surface area contributed by atoms with Gasteiger partial charge in [-0.25, -0.2) is 9.78 Å². The summed E-state index contributed by atoms with van der Waals surface area (Å²) in [6.07, 6.45) is 4.49. The number of carbonyl (C=O) groups is 2. The molecule has 2 N–H and O–H groups in total. The molecule has 0 radical (unpaired) electrons. The zero-order valence-electron chi connectivity index (χ0n) is 19.5. The molecule has 0 spiro atoms. The van der Waals surface area contributed by atoms with Crippen molar-refractivity contribution in [3.8, 4) is 17.1 Å². The largest absolute Gasteiger partial charge is 0.497 e. The van der Waals surface area contributed by atoms with Crippen LogP contribution in [0.15, 0.2) is 66.7 Å². The normalized spacial score (nSPS) is 13.7. The van der Waals surface area contributed by atoms with Crippen molar-refractivity contribution in [3.63, 3.8) is 0 Å². The van der Waals surface area contributed by atoms with E-state index in [9.17, 15) is 14.7 Å². The molecule has 178 valence electrons. The van der Waals surface area contributed by atoms with Crippen LogP contribution >= 0.6 is 0 Å². The van der Waals surface area contributed by atoms with Gasteiger partial charge in [-0.1, -0.05) is 37.1 Å². The molecule has 1 aliphatic carbocycles. The fourth-order valence-electron chi connectivity index (χ4n) is 4.77. The van der Waals surface area contributed by atoms with Crippen LogP contribution in [-0.2, 0) is 6.54 Å². The van der Waals surface area contributed by atoms with E-state index in [1.165, 1.54) is 12.8 Å². The van der Waals surface area contributed by atoms with Gasteiger partial charge in [-0.05, 0) is 60.9 Å². The summed E-state index contributed by atoms with van der Waals surface area (Å²) in [6, 6.07) is 20.5. The van der Waals surface area contributed by atoms with E-state index in [1.54, 1.807) is 31.4 Å². The average molecular weight is 470 g/mol. The zero-order chi connectivity index (χ0) is 24.4. The van der Waals surface area contributed by atoms with Crippen molar-refractivity contribution >= 4 is 22.9 Å². The summed E-state index contributed by atoms with van der Waals surface area (Å²) in [7, 11) is 1.62. The third kappa shape index (κ3) is 4.62. The van der Waals surface area contributed by atoms with Gasteiger partial charge in [0.15, 0.2) is 0 Å². The van der Waals surface area contributed by atoms with Crippen LogP contribution in [0.4, 0.5) is 0 Å². The Morgan fingerprint density at radius 2 is 1.69 bits per heavy atom. The topological polar surface area (TPSA) is 93.4 Å². The molecule has 1 aromatic heterocycles.